The molecule has 0 unspecified atom stereocenters. The number of ether oxygens (including phenoxy) is 1. The topological polar surface area (TPSA) is 55.4 Å². The van der Waals surface area contributed by atoms with Crippen molar-refractivity contribution in [1.29, 1.82) is 0 Å². The number of benzene rings is 1. The van der Waals surface area contributed by atoms with Gasteiger partial charge in [0, 0.05) is 4.88 Å². The molecule has 0 aliphatic heterocycles. The summed E-state index contributed by atoms with van der Waals surface area (Å²) in [5.41, 5.74) is 3.33. The molecule has 1 aromatic heterocycles. The summed E-state index contributed by atoms with van der Waals surface area (Å²) in [7, 11) is 0. The number of alkyl halides is 3. The Morgan fingerprint density at radius 1 is 1.16 bits per heavy atom. The van der Waals surface area contributed by atoms with Crippen molar-refractivity contribution in [2.24, 2.45) is 0 Å². The number of hydrogen-bond donors (Lipinski definition) is 1. The number of rotatable bonds is 4. The zero-order chi connectivity index (χ0) is 18.0. The van der Waals surface area contributed by atoms with E-state index in [0.29, 0.717) is 4.88 Å². The standard InChI is InChI=1S/C17H14F3NO3S/c18-17(19,20)9-21-14(22)8-24-16(23)13-7-11-6-5-10-3-1-2-4-12(10)15(11)25-13/h1-4,7H,5-6,8-9H2,(H,21,22). The van der Waals surface area contributed by atoms with Crippen LogP contribution in [0.4, 0.5) is 13.2 Å². The molecule has 4 nitrogen and oxygen atoms in total. The van der Waals surface area contributed by atoms with Gasteiger partial charge in [-0.25, -0.2) is 4.79 Å². The van der Waals surface area contributed by atoms with E-state index in [1.807, 2.05) is 24.3 Å². The molecule has 0 fully saturated rings. The first-order valence-electron chi connectivity index (χ1n) is 7.55. The van der Waals surface area contributed by atoms with Crippen LogP contribution >= 0.6 is 11.3 Å². The zero-order valence-electron chi connectivity index (χ0n) is 13.0. The third kappa shape index (κ3) is 4.19. The van der Waals surface area contributed by atoms with E-state index >= 15 is 0 Å². The van der Waals surface area contributed by atoms with Gasteiger partial charge in [0.25, 0.3) is 5.91 Å². The lowest BCUT2D eigenvalue weighted by Crippen LogP contribution is -2.36. The van der Waals surface area contributed by atoms with E-state index in [4.69, 9.17) is 4.74 Å². The maximum atomic E-state index is 12.1. The van der Waals surface area contributed by atoms with Crippen LogP contribution in [0.3, 0.4) is 0 Å². The van der Waals surface area contributed by atoms with Crippen LogP contribution in [0.25, 0.3) is 10.4 Å². The summed E-state index contributed by atoms with van der Waals surface area (Å²) in [6, 6.07) is 9.65. The van der Waals surface area contributed by atoms with E-state index in [1.54, 1.807) is 11.4 Å². The second-order valence-corrected chi connectivity index (χ2v) is 6.64. The van der Waals surface area contributed by atoms with Crippen LogP contribution in [0, 0.1) is 0 Å². The average molecular weight is 369 g/mol. The predicted octanol–water partition coefficient (Wildman–Crippen LogP) is 3.35. The Kier molecular flexibility index (Phi) is 4.80. The highest BCUT2D eigenvalue weighted by atomic mass is 32.1. The van der Waals surface area contributed by atoms with E-state index < -0.39 is 31.2 Å². The van der Waals surface area contributed by atoms with Crippen LogP contribution in [0.5, 0.6) is 0 Å². The number of amides is 1. The number of thiophene rings is 1. The SMILES string of the molecule is O=C(COC(=O)c1cc2c(s1)-c1ccccc1CC2)NCC(F)(F)F. The summed E-state index contributed by atoms with van der Waals surface area (Å²) >= 11 is 1.27. The molecule has 0 atom stereocenters. The lowest BCUT2D eigenvalue weighted by atomic mass is 9.91. The van der Waals surface area contributed by atoms with Crippen LogP contribution in [0.1, 0.15) is 20.8 Å². The third-order valence-electron chi connectivity index (χ3n) is 3.76. The summed E-state index contributed by atoms with van der Waals surface area (Å²) in [4.78, 5) is 24.7. The lowest BCUT2D eigenvalue weighted by Gasteiger charge is -2.15. The van der Waals surface area contributed by atoms with Gasteiger partial charge < -0.3 is 10.1 Å². The van der Waals surface area contributed by atoms with Gasteiger partial charge in [0.1, 0.15) is 11.4 Å². The minimum Gasteiger partial charge on any atom is -0.451 e. The zero-order valence-corrected chi connectivity index (χ0v) is 13.8. The second-order valence-electron chi connectivity index (χ2n) is 5.59. The van der Waals surface area contributed by atoms with Gasteiger partial charge in [-0.1, -0.05) is 24.3 Å². The lowest BCUT2D eigenvalue weighted by molar-refractivity contribution is -0.140. The Morgan fingerprint density at radius 2 is 1.88 bits per heavy atom. The molecule has 0 spiro atoms. The van der Waals surface area contributed by atoms with E-state index in [2.05, 4.69) is 0 Å². The van der Waals surface area contributed by atoms with Gasteiger partial charge in [0.15, 0.2) is 6.61 Å². The van der Waals surface area contributed by atoms with Crippen LogP contribution < -0.4 is 5.32 Å². The van der Waals surface area contributed by atoms with E-state index in [1.165, 1.54) is 16.9 Å². The largest absolute Gasteiger partial charge is 0.451 e. The molecule has 1 N–H and O–H groups in total. The predicted molar refractivity (Wildman–Crippen MR) is 86.5 cm³/mol. The number of carbonyl (C=O) groups excluding carboxylic acids is 2. The van der Waals surface area contributed by atoms with Crippen molar-refractivity contribution >= 4 is 23.2 Å². The van der Waals surface area contributed by atoms with Crippen LogP contribution in [0.2, 0.25) is 0 Å². The maximum Gasteiger partial charge on any atom is 0.405 e. The van der Waals surface area contributed by atoms with Gasteiger partial charge in [-0.3, -0.25) is 4.79 Å². The third-order valence-corrected chi connectivity index (χ3v) is 4.95. The van der Waals surface area contributed by atoms with Crippen molar-refractivity contribution in [2.75, 3.05) is 13.2 Å². The first-order chi connectivity index (χ1) is 11.8. The summed E-state index contributed by atoms with van der Waals surface area (Å²) in [5, 5.41) is 1.65. The fourth-order valence-electron chi connectivity index (χ4n) is 2.62. The fraction of sp³-hybridized carbons (Fsp3) is 0.294. The van der Waals surface area contributed by atoms with Crippen molar-refractivity contribution < 1.29 is 27.5 Å². The summed E-state index contributed by atoms with van der Waals surface area (Å²) in [6.45, 7) is -2.19. The molecular formula is C17H14F3NO3S. The minimum absolute atomic E-state index is 0.338. The maximum absolute atomic E-state index is 12.1. The number of aryl methyl sites for hydroxylation is 2. The Morgan fingerprint density at radius 3 is 2.64 bits per heavy atom. The molecule has 0 radical (unpaired) electrons. The summed E-state index contributed by atoms with van der Waals surface area (Å²) in [5.74, 6) is -1.70. The molecule has 1 amide bonds. The molecule has 0 bridgehead atoms. The molecule has 3 rings (SSSR count). The van der Waals surface area contributed by atoms with Crippen LogP contribution in [-0.4, -0.2) is 31.2 Å². The smallest absolute Gasteiger partial charge is 0.405 e. The van der Waals surface area contributed by atoms with Crippen molar-refractivity contribution in [3.63, 3.8) is 0 Å². The minimum atomic E-state index is -4.50. The molecule has 8 heteroatoms. The number of hydrogen-bond acceptors (Lipinski definition) is 4. The average Bonchev–Trinajstić information content (AvgIpc) is 3.02. The molecule has 0 saturated carbocycles. The van der Waals surface area contributed by atoms with E-state index in [9.17, 15) is 22.8 Å². The van der Waals surface area contributed by atoms with Crippen molar-refractivity contribution in [3.05, 3.63) is 46.3 Å². The van der Waals surface area contributed by atoms with Crippen LogP contribution in [0.15, 0.2) is 30.3 Å². The molecule has 132 valence electrons. The summed E-state index contributed by atoms with van der Waals surface area (Å²) in [6.07, 6.45) is -2.81. The van der Waals surface area contributed by atoms with Crippen molar-refractivity contribution in [1.82, 2.24) is 5.32 Å². The Bertz CT molecular complexity index is 814. The molecular weight excluding hydrogens is 355 g/mol. The van der Waals surface area contributed by atoms with Gasteiger partial charge in [-0.2, -0.15) is 13.2 Å². The van der Waals surface area contributed by atoms with Gasteiger partial charge in [-0.05, 0) is 35.6 Å². The molecule has 1 heterocycles. The number of carbonyl (C=O) groups is 2. The van der Waals surface area contributed by atoms with Crippen LogP contribution in [-0.2, 0) is 22.4 Å². The van der Waals surface area contributed by atoms with Crippen molar-refractivity contribution in [3.8, 4) is 10.4 Å². The molecule has 0 saturated heterocycles. The Labute approximate surface area is 145 Å². The highest BCUT2D eigenvalue weighted by Gasteiger charge is 2.28. The second kappa shape index (κ2) is 6.87. The monoisotopic (exact) mass is 369 g/mol. The summed E-state index contributed by atoms with van der Waals surface area (Å²) < 4.78 is 40.8. The van der Waals surface area contributed by atoms with E-state index in [-0.39, 0.29) is 0 Å². The number of fused-ring (bicyclic) bond motifs is 3. The Hall–Kier alpha value is -2.35. The number of esters is 1. The van der Waals surface area contributed by atoms with Crippen molar-refractivity contribution in [2.45, 2.75) is 19.0 Å². The quantitative estimate of drug-likeness (QED) is 0.841. The highest BCUT2D eigenvalue weighted by molar-refractivity contribution is 7.17. The van der Waals surface area contributed by atoms with Gasteiger partial charge >= 0.3 is 12.1 Å². The fourth-order valence-corrected chi connectivity index (χ4v) is 3.79. The Balaban J connectivity index is 1.63. The van der Waals surface area contributed by atoms with Gasteiger partial charge in [0.2, 0.25) is 0 Å². The molecule has 2 aromatic rings. The molecule has 1 aromatic carbocycles. The number of nitrogens with one attached hydrogen (secondary N) is 1. The first-order valence-corrected chi connectivity index (χ1v) is 8.37. The molecule has 25 heavy (non-hydrogen) atoms. The normalized spacial score (nSPS) is 12.9. The van der Waals surface area contributed by atoms with Gasteiger partial charge in [-0.15, -0.1) is 11.3 Å². The highest BCUT2D eigenvalue weighted by Crippen LogP contribution is 2.39. The molecule has 1 aliphatic carbocycles. The van der Waals surface area contributed by atoms with E-state index in [0.717, 1.165) is 28.8 Å². The van der Waals surface area contributed by atoms with Gasteiger partial charge in [0.05, 0.1) is 0 Å². The first kappa shape index (κ1) is 17.5. The number of halogens is 3. The molecule has 1 aliphatic rings.